The minimum Gasteiger partial charge on any atom is -0.376 e. The Kier molecular flexibility index (Phi) is 7.54. The number of pyridine rings is 1. The van der Waals surface area contributed by atoms with E-state index in [1.165, 1.54) is 46.8 Å². The second kappa shape index (κ2) is 11.0. The highest BCUT2D eigenvalue weighted by atomic mass is 32.2. The average Bonchev–Trinajstić information content (AvgIpc) is 3.67. The maximum Gasteiger partial charge on any atom is 0.269 e. The number of nitrogens with zero attached hydrogens (tertiary/aromatic N) is 3. The first-order chi connectivity index (χ1) is 18.4. The van der Waals surface area contributed by atoms with Crippen LogP contribution >= 0.6 is 11.3 Å². The fraction of sp³-hybridized carbons (Fsp3) is 0.308. The zero-order valence-electron chi connectivity index (χ0n) is 20.4. The first kappa shape index (κ1) is 26.0. The van der Waals surface area contributed by atoms with Crippen LogP contribution in [-0.4, -0.2) is 66.1 Å². The summed E-state index contributed by atoms with van der Waals surface area (Å²) >= 11 is 1.40. The molecule has 0 spiro atoms. The molecule has 0 saturated carbocycles. The van der Waals surface area contributed by atoms with Gasteiger partial charge in [-0.2, -0.15) is 0 Å². The zero-order valence-corrected chi connectivity index (χ0v) is 22.0. The van der Waals surface area contributed by atoms with Gasteiger partial charge in [0.2, 0.25) is 11.8 Å². The summed E-state index contributed by atoms with van der Waals surface area (Å²) in [6, 6.07) is 11.7. The summed E-state index contributed by atoms with van der Waals surface area (Å²) in [5, 5.41) is 4.75. The molecule has 0 radical (unpaired) electrons. The van der Waals surface area contributed by atoms with E-state index in [0.717, 1.165) is 17.7 Å². The molecular weight excluding hydrogens is 528 g/mol. The molecule has 5 rings (SSSR count). The maximum atomic E-state index is 13.8. The summed E-state index contributed by atoms with van der Waals surface area (Å²) in [4.78, 5) is 46.4. The second-order valence-corrected chi connectivity index (χ2v) is 11.8. The van der Waals surface area contributed by atoms with Crippen LogP contribution in [0.2, 0.25) is 0 Å². The molecule has 1 N–H and O–H groups in total. The Morgan fingerprint density at radius 3 is 2.63 bits per heavy atom. The number of carbonyl (C=O) groups is 3. The molecule has 0 bridgehead atoms. The van der Waals surface area contributed by atoms with E-state index >= 15 is 0 Å². The van der Waals surface area contributed by atoms with Crippen molar-refractivity contribution in [2.24, 2.45) is 0 Å². The minimum absolute atomic E-state index is 0.0186. The maximum absolute atomic E-state index is 13.8. The van der Waals surface area contributed by atoms with Crippen molar-refractivity contribution < 1.29 is 27.5 Å². The van der Waals surface area contributed by atoms with Crippen LogP contribution in [0.4, 0.5) is 0 Å². The third kappa shape index (κ3) is 5.19. The smallest absolute Gasteiger partial charge is 0.269 e. The molecule has 1 fully saturated rings. The Morgan fingerprint density at radius 2 is 1.95 bits per heavy atom. The number of hydrogen-bond donors (Lipinski definition) is 1. The molecule has 0 aliphatic carbocycles. The first-order valence-electron chi connectivity index (χ1n) is 12.1. The molecule has 2 aliphatic heterocycles. The summed E-state index contributed by atoms with van der Waals surface area (Å²) in [5.74, 6) is -1.89. The monoisotopic (exact) mass is 554 g/mol. The number of carbonyl (C=O) groups excluding carboxylic acids is 3. The van der Waals surface area contributed by atoms with E-state index in [0.29, 0.717) is 16.5 Å². The largest absolute Gasteiger partial charge is 0.376 e. The lowest BCUT2D eigenvalue weighted by Gasteiger charge is -2.32. The number of hydrogen-bond acceptors (Lipinski definition) is 8. The SMILES string of the molecule is O=C(NC[C@H]1CCCO1)[C@@H](c1ccncc1)N(Cc1cccs1)C(=O)CN1C(=O)c2ccccc2S1(=O)=O. The van der Waals surface area contributed by atoms with Crippen molar-refractivity contribution in [2.45, 2.75) is 36.4 Å². The lowest BCUT2D eigenvalue weighted by molar-refractivity contribution is -0.141. The van der Waals surface area contributed by atoms with Crippen molar-refractivity contribution in [2.75, 3.05) is 19.7 Å². The summed E-state index contributed by atoms with van der Waals surface area (Å²) in [6.07, 6.45) is 4.68. The van der Waals surface area contributed by atoms with Gasteiger partial charge < -0.3 is 15.0 Å². The number of aromatic nitrogens is 1. The van der Waals surface area contributed by atoms with Gasteiger partial charge in [0.15, 0.2) is 0 Å². The molecule has 12 heteroatoms. The highest BCUT2D eigenvalue weighted by Crippen LogP contribution is 2.31. The van der Waals surface area contributed by atoms with E-state index in [1.807, 2.05) is 17.5 Å². The van der Waals surface area contributed by atoms with Crippen molar-refractivity contribution in [3.63, 3.8) is 0 Å². The molecule has 4 heterocycles. The molecule has 3 aromatic rings. The van der Waals surface area contributed by atoms with Crippen LogP contribution in [0.1, 0.15) is 39.7 Å². The molecule has 1 aromatic carbocycles. The topological polar surface area (TPSA) is 126 Å². The van der Waals surface area contributed by atoms with Gasteiger partial charge >= 0.3 is 0 Å². The van der Waals surface area contributed by atoms with Crippen LogP contribution in [0, 0.1) is 0 Å². The summed E-state index contributed by atoms with van der Waals surface area (Å²) in [5.41, 5.74) is 0.527. The quantitative estimate of drug-likeness (QED) is 0.430. The van der Waals surface area contributed by atoms with E-state index in [2.05, 4.69) is 10.3 Å². The summed E-state index contributed by atoms with van der Waals surface area (Å²) < 4.78 is 32.5. The Labute approximate surface area is 224 Å². The third-order valence-electron chi connectivity index (χ3n) is 6.53. The predicted octanol–water partition coefficient (Wildman–Crippen LogP) is 2.35. The Balaban J connectivity index is 1.46. The lowest BCUT2D eigenvalue weighted by atomic mass is 10.0. The molecular formula is C26H26N4O6S2. The number of fused-ring (bicyclic) bond motifs is 1. The van der Waals surface area contributed by atoms with E-state index in [9.17, 15) is 22.8 Å². The molecule has 2 aromatic heterocycles. The highest BCUT2D eigenvalue weighted by Gasteiger charge is 2.43. The van der Waals surface area contributed by atoms with Crippen molar-refractivity contribution in [3.8, 4) is 0 Å². The number of benzene rings is 1. The van der Waals surface area contributed by atoms with Gasteiger partial charge in [-0.15, -0.1) is 11.3 Å². The van der Waals surface area contributed by atoms with Gasteiger partial charge in [0.25, 0.3) is 15.9 Å². The van der Waals surface area contributed by atoms with Gasteiger partial charge in [-0.3, -0.25) is 19.4 Å². The van der Waals surface area contributed by atoms with Gasteiger partial charge in [0, 0.05) is 30.4 Å². The van der Waals surface area contributed by atoms with Gasteiger partial charge in [-0.1, -0.05) is 18.2 Å². The van der Waals surface area contributed by atoms with E-state index in [1.54, 1.807) is 18.2 Å². The second-order valence-electron chi connectivity index (χ2n) is 8.98. The van der Waals surface area contributed by atoms with Gasteiger partial charge in [-0.25, -0.2) is 12.7 Å². The van der Waals surface area contributed by atoms with E-state index in [-0.39, 0.29) is 29.7 Å². The fourth-order valence-corrected chi connectivity index (χ4v) is 6.85. The van der Waals surface area contributed by atoms with Gasteiger partial charge in [0.1, 0.15) is 17.5 Å². The summed E-state index contributed by atoms with van der Waals surface area (Å²) in [6.45, 7) is 0.238. The molecule has 38 heavy (non-hydrogen) atoms. The molecule has 10 nitrogen and oxygen atoms in total. The Morgan fingerprint density at radius 1 is 1.16 bits per heavy atom. The normalized spacial score (nSPS) is 18.7. The standard InChI is InChI=1S/C26H26N4O6S2/c31-23(17-30-26(33)21-7-1-2-8-22(21)38(30,34)35)29(16-20-6-4-14-37-20)24(18-9-11-27-12-10-18)25(32)28-15-19-5-3-13-36-19/h1-2,4,6-12,14,19,24H,3,5,13,15-17H2,(H,28,32)/t19-,24-/m1/s1. The van der Waals surface area contributed by atoms with Crippen LogP contribution in [0.15, 0.2) is 71.2 Å². The number of rotatable bonds is 9. The van der Waals surface area contributed by atoms with Crippen LogP contribution < -0.4 is 5.32 Å². The first-order valence-corrected chi connectivity index (χ1v) is 14.5. The molecule has 2 aliphatic rings. The average molecular weight is 555 g/mol. The van der Waals surface area contributed by atoms with Crippen LogP contribution in [0.25, 0.3) is 0 Å². The zero-order chi connectivity index (χ0) is 26.7. The highest BCUT2D eigenvalue weighted by molar-refractivity contribution is 7.90. The van der Waals surface area contributed by atoms with Crippen LogP contribution in [-0.2, 0) is 30.9 Å². The third-order valence-corrected chi connectivity index (χ3v) is 9.18. The molecule has 198 valence electrons. The van der Waals surface area contributed by atoms with Crippen molar-refractivity contribution in [3.05, 3.63) is 82.3 Å². The number of thiophene rings is 1. The molecule has 0 unspecified atom stereocenters. The number of ether oxygens (including phenoxy) is 1. The van der Waals surface area contributed by atoms with Crippen molar-refractivity contribution in [1.29, 1.82) is 0 Å². The van der Waals surface area contributed by atoms with Crippen molar-refractivity contribution in [1.82, 2.24) is 19.5 Å². The fourth-order valence-electron chi connectivity index (χ4n) is 4.63. The minimum atomic E-state index is -4.21. The predicted molar refractivity (Wildman–Crippen MR) is 138 cm³/mol. The number of sulfonamides is 1. The lowest BCUT2D eigenvalue weighted by Crippen LogP contribution is -2.48. The molecule has 1 saturated heterocycles. The van der Waals surface area contributed by atoms with Crippen LogP contribution in [0.5, 0.6) is 0 Å². The van der Waals surface area contributed by atoms with Crippen LogP contribution in [0.3, 0.4) is 0 Å². The van der Waals surface area contributed by atoms with Gasteiger partial charge in [-0.05, 0) is 54.1 Å². The van der Waals surface area contributed by atoms with E-state index in [4.69, 9.17) is 4.74 Å². The molecule has 2 atom stereocenters. The summed E-state index contributed by atoms with van der Waals surface area (Å²) in [7, 11) is -4.21. The molecule has 3 amide bonds. The number of nitrogens with one attached hydrogen (secondary N) is 1. The Hall–Kier alpha value is -3.61. The van der Waals surface area contributed by atoms with E-state index < -0.39 is 40.3 Å². The Bertz CT molecular complexity index is 1420. The van der Waals surface area contributed by atoms with Gasteiger partial charge in [0.05, 0.1) is 18.2 Å². The number of amides is 3. The van der Waals surface area contributed by atoms with Crippen molar-refractivity contribution >= 4 is 39.1 Å².